The first-order chi connectivity index (χ1) is 10.5. The molecule has 116 valence electrons. The molecule has 0 bridgehead atoms. The lowest BCUT2D eigenvalue weighted by Gasteiger charge is -2.49. The van der Waals surface area contributed by atoms with Crippen molar-refractivity contribution in [3.05, 3.63) is 41.0 Å². The fraction of sp³-hybridized carbons (Fsp3) is 0.526. The number of fused-ring (bicyclic) bond motifs is 5. The van der Waals surface area contributed by atoms with Crippen molar-refractivity contribution in [2.75, 3.05) is 0 Å². The van der Waals surface area contributed by atoms with Gasteiger partial charge in [-0.3, -0.25) is 0 Å². The molecule has 0 spiro atoms. The first-order valence-electron chi connectivity index (χ1n) is 8.26. The molecule has 1 fully saturated rings. The standard InChI is InChI=1S/C19H22O3/c1-19-9-8-14-13-5-3-12(20)10-11(13)2-4-15(14)16(19)6-7-17(19)18(21)22/h3,5,7,10,14-16,20H,2,4,6,8-9H2,1H3,(H,21,22)/t14-,15-,16+,19+/m1/s1. The van der Waals surface area contributed by atoms with Crippen molar-refractivity contribution in [2.24, 2.45) is 17.3 Å². The summed E-state index contributed by atoms with van der Waals surface area (Å²) < 4.78 is 0. The van der Waals surface area contributed by atoms with Gasteiger partial charge >= 0.3 is 5.97 Å². The molecule has 1 saturated carbocycles. The Morgan fingerprint density at radius 3 is 2.91 bits per heavy atom. The van der Waals surface area contributed by atoms with Gasteiger partial charge in [-0.15, -0.1) is 0 Å². The van der Waals surface area contributed by atoms with E-state index in [0.717, 1.165) is 32.1 Å². The lowest BCUT2D eigenvalue weighted by atomic mass is 9.54. The van der Waals surface area contributed by atoms with E-state index in [1.54, 1.807) is 6.07 Å². The summed E-state index contributed by atoms with van der Waals surface area (Å²) in [6, 6.07) is 5.80. The first kappa shape index (κ1) is 13.9. The quantitative estimate of drug-likeness (QED) is 0.827. The highest BCUT2D eigenvalue weighted by Gasteiger charge is 2.53. The zero-order valence-corrected chi connectivity index (χ0v) is 12.9. The first-order valence-corrected chi connectivity index (χ1v) is 8.26. The second kappa shape index (κ2) is 4.61. The zero-order chi connectivity index (χ0) is 15.5. The summed E-state index contributed by atoms with van der Waals surface area (Å²) in [5, 5.41) is 19.2. The molecule has 1 aromatic rings. The highest BCUT2D eigenvalue weighted by molar-refractivity contribution is 5.89. The van der Waals surface area contributed by atoms with E-state index in [2.05, 4.69) is 13.0 Å². The Morgan fingerprint density at radius 1 is 1.32 bits per heavy atom. The Kier molecular flexibility index (Phi) is 2.91. The van der Waals surface area contributed by atoms with Crippen LogP contribution < -0.4 is 0 Å². The van der Waals surface area contributed by atoms with E-state index in [4.69, 9.17) is 0 Å². The van der Waals surface area contributed by atoms with Crippen LogP contribution in [0.4, 0.5) is 0 Å². The minimum Gasteiger partial charge on any atom is -0.508 e. The number of phenolic OH excluding ortho intramolecular Hbond substituents is 1. The number of hydrogen-bond acceptors (Lipinski definition) is 2. The zero-order valence-electron chi connectivity index (χ0n) is 12.9. The lowest BCUT2D eigenvalue weighted by molar-refractivity contribution is -0.134. The number of allylic oxidation sites excluding steroid dienone is 1. The van der Waals surface area contributed by atoms with Crippen LogP contribution in [0.5, 0.6) is 5.75 Å². The predicted octanol–water partition coefficient (Wildman–Crippen LogP) is 3.87. The van der Waals surface area contributed by atoms with Gasteiger partial charge in [0.1, 0.15) is 5.75 Å². The number of hydrogen-bond donors (Lipinski definition) is 2. The number of aliphatic carboxylic acids is 1. The highest BCUT2D eigenvalue weighted by Crippen LogP contribution is 2.61. The van der Waals surface area contributed by atoms with Gasteiger partial charge in [0.2, 0.25) is 0 Å². The van der Waals surface area contributed by atoms with E-state index in [0.29, 0.717) is 29.1 Å². The van der Waals surface area contributed by atoms with Gasteiger partial charge in [-0.05, 0) is 73.1 Å². The number of carboxylic acids is 1. The number of carboxylic acid groups (broad SMARTS) is 1. The van der Waals surface area contributed by atoms with Crippen LogP contribution >= 0.6 is 0 Å². The molecule has 0 unspecified atom stereocenters. The molecule has 4 atom stereocenters. The average Bonchev–Trinajstić information content (AvgIpc) is 2.84. The molecule has 3 aliphatic carbocycles. The Morgan fingerprint density at radius 2 is 2.14 bits per heavy atom. The van der Waals surface area contributed by atoms with E-state index in [-0.39, 0.29) is 5.41 Å². The van der Waals surface area contributed by atoms with Crippen LogP contribution in [0.15, 0.2) is 29.8 Å². The van der Waals surface area contributed by atoms with Gasteiger partial charge in [-0.1, -0.05) is 19.1 Å². The smallest absolute Gasteiger partial charge is 0.331 e. The maximum Gasteiger partial charge on any atom is 0.331 e. The summed E-state index contributed by atoms with van der Waals surface area (Å²) >= 11 is 0. The average molecular weight is 298 g/mol. The predicted molar refractivity (Wildman–Crippen MR) is 83.8 cm³/mol. The van der Waals surface area contributed by atoms with Crippen molar-refractivity contribution in [3.8, 4) is 5.75 Å². The van der Waals surface area contributed by atoms with Crippen LogP contribution in [0.2, 0.25) is 0 Å². The Labute approximate surface area is 130 Å². The van der Waals surface area contributed by atoms with Gasteiger partial charge < -0.3 is 10.2 Å². The Hall–Kier alpha value is -1.77. The van der Waals surface area contributed by atoms with Crippen LogP contribution in [0, 0.1) is 17.3 Å². The normalized spacial score (nSPS) is 36.0. The Bertz CT molecular complexity index is 675. The molecule has 0 radical (unpaired) electrons. The molecule has 22 heavy (non-hydrogen) atoms. The maximum absolute atomic E-state index is 11.6. The summed E-state index contributed by atoms with van der Waals surface area (Å²) in [6.07, 6.45) is 7.01. The molecule has 4 rings (SSSR count). The summed E-state index contributed by atoms with van der Waals surface area (Å²) in [5.41, 5.74) is 3.17. The monoisotopic (exact) mass is 298 g/mol. The van der Waals surface area contributed by atoms with Crippen molar-refractivity contribution < 1.29 is 15.0 Å². The molecule has 3 nitrogen and oxygen atoms in total. The van der Waals surface area contributed by atoms with E-state index < -0.39 is 5.97 Å². The number of phenols is 1. The number of benzene rings is 1. The van der Waals surface area contributed by atoms with Gasteiger partial charge in [-0.25, -0.2) is 4.79 Å². The maximum atomic E-state index is 11.6. The highest BCUT2D eigenvalue weighted by atomic mass is 16.4. The van der Waals surface area contributed by atoms with Crippen LogP contribution in [-0.2, 0) is 11.2 Å². The summed E-state index contributed by atoms with van der Waals surface area (Å²) in [7, 11) is 0. The molecule has 0 aromatic heterocycles. The lowest BCUT2D eigenvalue weighted by Crippen LogP contribution is -2.42. The minimum absolute atomic E-state index is 0.151. The van der Waals surface area contributed by atoms with E-state index in [9.17, 15) is 15.0 Å². The van der Waals surface area contributed by atoms with E-state index in [1.807, 2.05) is 12.1 Å². The third-order valence-corrected chi connectivity index (χ3v) is 6.52. The molecule has 0 heterocycles. The molecule has 0 saturated heterocycles. The third-order valence-electron chi connectivity index (χ3n) is 6.52. The van der Waals surface area contributed by atoms with Crippen LogP contribution in [0.3, 0.4) is 0 Å². The third kappa shape index (κ3) is 1.77. The minimum atomic E-state index is -0.732. The number of aromatic hydroxyl groups is 1. The molecule has 0 aliphatic heterocycles. The summed E-state index contributed by atoms with van der Waals surface area (Å²) in [5.74, 6) is 1.19. The van der Waals surface area contributed by atoms with Crippen LogP contribution in [0.25, 0.3) is 0 Å². The van der Waals surface area contributed by atoms with Gasteiger partial charge in [0.25, 0.3) is 0 Å². The largest absolute Gasteiger partial charge is 0.508 e. The molecule has 2 N–H and O–H groups in total. The molecule has 1 aromatic carbocycles. The number of rotatable bonds is 1. The van der Waals surface area contributed by atoms with Gasteiger partial charge in [0.05, 0.1) is 0 Å². The van der Waals surface area contributed by atoms with Crippen molar-refractivity contribution in [1.82, 2.24) is 0 Å². The van der Waals surface area contributed by atoms with Crippen molar-refractivity contribution in [3.63, 3.8) is 0 Å². The number of carbonyl (C=O) groups is 1. The second-order valence-electron chi connectivity index (χ2n) is 7.41. The Balaban J connectivity index is 1.70. The van der Waals surface area contributed by atoms with Crippen molar-refractivity contribution in [1.29, 1.82) is 0 Å². The van der Waals surface area contributed by atoms with Gasteiger partial charge in [0, 0.05) is 11.0 Å². The molecule has 3 heteroatoms. The van der Waals surface area contributed by atoms with Crippen molar-refractivity contribution in [2.45, 2.75) is 44.9 Å². The van der Waals surface area contributed by atoms with E-state index in [1.165, 1.54) is 11.1 Å². The van der Waals surface area contributed by atoms with Gasteiger partial charge in [-0.2, -0.15) is 0 Å². The number of aryl methyl sites for hydroxylation is 1. The van der Waals surface area contributed by atoms with E-state index >= 15 is 0 Å². The molecule has 0 amide bonds. The fourth-order valence-electron chi connectivity index (χ4n) is 5.47. The topological polar surface area (TPSA) is 57.5 Å². The molecular weight excluding hydrogens is 276 g/mol. The van der Waals surface area contributed by atoms with Crippen LogP contribution in [-0.4, -0.2) is 16.2 Å². The van der Waals surface area contributed by atoms with Crippen molar-refractivity contribution >= 4 is 5.97 Å². The second-order valence-corrected chi connectivity index (χ2v) is 7.41. The summed E-state index contributed by atoms with van der Waals surface area (Å²) in [4.78, 5) is 11.6. The molecule has 3 aliphatic rings. The summed E-state index contributed by atoms with van der Waals surface area (Å²) in [6.45, 7) is 2.16. The fourth-order valence-corrected chi connectivity index (χ4v) is 5.47. The molecular formula is C19H22O3. The van der Waals surface area contributed by atoms with Crippen LogP contribution in [0.1, 0.15) is 49.7 Å². The SMILES string of the molecule is C[C@]12CC[C@@H]3c4ccc(O)cc4CC[C@H]3[C@@H]1CC=C2C(=O)O. The van der Waals surface area contributed by atoms with Gasteiger partial charge in [0.15, 0.2) is 0 Å².